The Bertz CT molecular complexity index is 975. The number of carbonyl (C=O) groups excluding carboxylic acids is 2. The number of nitrogens with one attached hydrogen (secondary N) is 1. The van der Waals surface area contributed by atoms with Gasteiger partial charge in [0.05, 0.1) is 13.1 Å². The van der Waals surface area contributed by atoms with Gasteiger partial charge in [0.25, 0.3) is 11.8 Å². The van der Waals surface area contributed by atoms with Crippen molar-refractivity contribution < 1.29 is 14.0 Å². The van der Waals surface area contributed by atoms with Gasteiger partial charge in [0.1, 0.15) is 11.5 Å². The molecule has 2 amide bonds. The van der Waals surface area contributed by atoms with Crippen LogP contribution in [-0.2, 0) is 13.1 Å². The summed E-state index contributed by atoms with van der Waals surface area (Å²) in [5.74, 6) is -1.01. The first kappa shape index (κ1) is 22.7. The molecule has 4 rings (SSSR count). The van der Waals surface area contributed by atoms with Crippen LogP contribution >= 0.6 is 11.6 Å². The number of fused-ring (bicyclic) bond motifs is 1. The van der Waals surface area contributed by atoms with Crippen molar-refractivity contribution in [2.24, 2.45) is 0 Å². The minimum Gasteiger partial charge on any atom is -0.351 e. The first-order valence-electron chi connectivity index (χ1n) is 11.3. The molecule has 1 aromatic carbocycles. The van der Waals surface area contributed by atoms with Crippen molar-refractivity contribution in [2.45, 2.75) is 51.7 Å². The lowest BCUT2D eigenvalue weighted by Gasteiger charge is -2.33. The maximum absolute atomic E-state index is 14.1. The van der Waals surface area contributed by atoms with Crippen molar-refractivity contribution in [3.63, 3.8) is 0 Å². The lowest BCUT2D eigenvalue weighted by atomic mass is 10.0. The molecule has 0 unspecified atom stereocenters. The number of piperidine rings is 1. The van der Waals surface area contributed by atoms with Crippen LogP contribution in [0.1, 0.15) is 59.1 Å². The Morgan fingerprint density at radius 1 is 1.28 bits per heavy atom. The van der Waals surface area contributed by atoms with Crippen LogP contribution < -0.4 is 5.32 Å². The fourth-order valence-corrected chi connectivity index (χ4v) is 4.66. The number of hydrogen-bond acceptors (Lipinski definition) is 4. The Labute approximate surface area is 192 Å². The van der Waals surface area contributed by atoms with Crippen molar-refractivity contribution in [3.05, 3.63) is 52.1 Å². The van der Waals surface area contributed by atoms with Gasteiger partial charge in [-0.05, 0) is 44.9 Å². The number of amides is 2. The highest BCUT2D eigenvalue weighted by Gasteiger charge is 2.29. The highest BCUT2D eigenvalue weighted by molar-refractivity contribution is 6.31. The molecule has 32 heavy (non-hydrogen) atoms. The number of likely N-dealkylation sites (tertiary alicyclic amines) is 1. The standard InChI is InChI=1S/C23H29ClFN5O2/c1-16-6-2-3-10-28(16)11-5-9-26-22(31)20-14-21-23(32)29(12-13-30(21)27-20)15-17-18(24)7-4-8-19(17)25/h4,7-8,14,16H,2-3,5-6,9-13,15H2,1H3,(H,26,31)/t16-/m1/s1. The van der Waals surface area contributed by atoms with Crippen molar-refractivity contribution in [2.75, 3.05) is 26.2 Å². The summed E-state index contributed by atoms with van der Waals surface area (Å²) in [6.45, 7) is 5.79. The van der Waals surface area contributed by atoms with E-state index in [0.717, 1.165) is 19.5 Å². The molecular weight excluding hydrogens is 433 g/mol. The van der Waals surface area contributed by atoms with E-state index in [4.69, 9.17) is 11.6 Å². The van der Waals surface area contributed by atoms with Gasteiger partial charge in [-0.15, -0.1) is 0 Å². The van der Waals surface area contributed by atoms with Crippen LogP contribution in [0, 0.1) is 5.82 Å². The average Bonchev–Trinajstić information content (AvgIpc) is 3.22. The molecule has 0 spiro atoms. The maximum atomic E-state index is 14.1. The molecule has 0 aliphatic carbocycles. The van der Waals surface area contributed by atoms with E-state index in [1.54, 1.807) is 10.7 Å². The largest absolute Gasteiger partial charge is 0.351 e. The third-order valence-corrected chi connectivity index (χ3v) is 6.71. The van der Waals surface area contributed by atoms with Crippen LogP contribution in [0.15, 0.2) is 24.3 Å². The lowest BCUT2D eigenvalue weighted by molar-refractivity contribution is 0.0681. The average molecular weight is 462 g/mol. The molecule has 0 bridgehead atoms. The zero-order chi connectivity index (χ0) is 22.7. The molecule has 2 aliphatic heterocycles. The van der Waals surface area contributed by atoms with Gasteiger partial charge in [0.15, 0.2) is 5.69 Å². The summed E-state index contributed by atoms with van der Waals surface area (Å²) in [5, 5.41) is 7.50. The monoisotopic (exact) mass is 461 g/mol. The molecule has 7 nitrogen and oxygen atoms in total. The summed E-state index contributed by atoms with van der Waals surface area (Å²) in [6, 6.07) is 6.58. The van der Waals surface area contributed by atoms with Crippen molar-refractivity contribution in [1.29, 1.82) is 0 Å². The van der Waals surface area contributed by atoms with Crippen LogP contribution in [0.2, 0.25) is 5.02 Å². The van der Waals surface area contributed by atoms with Crippen molar-refractivity contribution in [1.82, 2.24) is 24.9 Å². The zero-order valence-corrected chi connectivity index (χ0v) is 19.1. The van der Waals surface area contributed by atoms with Crippen molar-refractivity contribution >= 4 is 23.4 Å². The number of hydrogen-bond donors (Lipinski definition) is 1. The van der Waals surface area contributed by atoms with E-state index in [1.165, 1.54) is 42.4 Å². The van der Waals surface area contributed by atoms with Gasteiger partial charge < -0.3 is 15.1 Å². The van der Waals surface area contributed by atoms with E-state index in [2.05, 4.69) is 22.2 Å². The first-order chi connectivity index (χ1) is 15.4. The normalized spacial score (nSPS) is 19.2. The van der Waals surface area contributed by atoms with Crippen LogP contribution in [0.3, 0.4) is 0 Å². The summed E-state index contributed by atoms with van der Waals surface area (Å²) in [5.41, 5.74) is 0.845. The Morgan fingerprint density at radius 2 is 2.12 bits per heavy atom. The number of aromatic nitrogens is 2. The summed E-state index contributed by atoms with van der Waals surface area (Å²) in [7, 11) is 0. The smallest absolute Gasteiger partial charge is 0.272 e. The van der Waals surface area contributed by atoms with E-state index >= 15 is 0 Å². The zero-order valence-electron chi connectivity index (χ0n) is 18.3. The lowest BCUT2D eigenvalue weighted by Crippen LogP contribution is -2.40. The molecule has 172 valence electrons. The van der Waals surface area contributed by atoms with Crippen LogP contribution in [-0.4, -0.2) is 63.6 Å². The van der Waals surface area contributed by atoms with E-state index in [0.29, 0.717) is 31.4 Å². The second-order valence-electron chi connectivity index (χ2n) is 8.56. The highest BCUT2D eigenvalue weighted by atomic mass is 35.5. The van der Waals surface area contributed by atoms with Crippen LogP contribution in [0.25, 0.3) is 0 Å². The summed E-state index contributed by atoms with van der Waals surface area (Å²) < 4.78 is 15.7. The minimum absolute atomic E-state index is 0.0754. The third-order valence-electron chi connectivity index (χ3n) is 6.36. The molecule has 1 atom stereocenters. The second kappa shape index (κ2) is 10.0. The summed E-state index contributed by atoms with van der Waals surface area (Å²) >= 11 is 6.11. The third kappa shape index (κ3) is 4.96. The molecular formula is C23H29ClFN5O2. The number of benzene rings is 1. The summed E-state index contributed by atoms with van der Waals surface area (Å²) in [6.07, 6.45) is 4.65. The van der Waals surface area contributed by atoms with Gasteiger partial charge in [-0.3, -0.25) is 14.3 Å². The Kier molecular flexibility index (Phi) is 7.10. The predicted molar refractivity (Wildman–Crippen MR) is 120 cm³/mol. The number of carbonyl (C=O) groups is 2. The molecule has 3 heterocycles. The molecule has 1 saturated heterocycles. The molecule has 1 fully saturated rings. The first-order valence-corrected chi connectivity index (χ1v) is 11.6. The fraction of sp³-hybridized carbons (Fsp3) is 0.522. The van der Waals surface area contributed by atoms with Crippen LogP contribution in [0.4, 0.5) is 4.39 Å². The molecule has 0 radical (unpaired) electrons. The molecule has 2 aliphatic rings. The Hall–Kier alpha value is -2.45. The van der Waals surface area contributed by atoms with Crippen LogP contribution in [0.5, 0.6) is 0 Å². The van der Waals surface area contributed by atoms with E-state index in [9.17, 15) is 14.0 Å². The molecule has 1 aromatic heterocycles. The highest BCUT2D eigenvalue weighted by Crippen LogP contribution is 2.23. The van der Waals surface area contributed by atoms with E-state index in [-0.39, 0.29) is 34.6 Å². The molecule has 0 saturated carbocycles. The van der Waals surface area contributed by atoms with Gasteiger partial charge in [-0.1, -0.05) is 24.1 Å². The van der Waals surface area contributed by atoms with Gasteiger partial charge in [-0.25, -0.2) is 4.39 Å². The number of halogens is 2. The minimum atomic E-state index is -0.441. The fourth-order valence-electron chi connectivity index (χ4n) is 4.44. The predicted octanol–water partition coefficient (Wildman–Crippen LogP) is 3.33. The van der Waals surface area contributed by atoms with Gasteiger partial charge in [-0.2, -0.15) is 5.10 Å². The molecule has 1 N–H and O–H groups in total. The second-order valence-corrected chi connectivity index (χ2v) is 8.96. The SMILES string of the molecule is C[C@@H]1CCCCN1CCCNC(=O)c1cc2n(n1)CCN(Cc1c(F)cccc1Cl)C2=O. The molecule has 9 heteroatoms. The topological polar surface area (TPSA) is 70.5 Å². The Balaban J connectivity index is 1.33. The van der Waals surface area contributed by atoms with Crippen molar-refractivity contribution in [3.8, 4) is 0 Å². The Morgan fingerprint density at radius 3 is 2.91 bits per heavy atom. The number of nitrogens with zero attached hydrogens (tertiary/aromatic N) is 4. The van der Waals surface area contributed by atoms with Gasteiger partial charge >= 0.3 is 0 Å². The van der Waals surface area contributed by atoms with Gasteiger partial charge in [0.2, 0.25) is 0 Å². The summed E-state index contributed by atoms with van der Waals surface area (Å²) in [4.78, 5) is 29.5. The quantitative estimate of drug-likeness (QED) is 0.642. The van der Waals surface area contributed by atoms with E-state index < -0.39 is 5.82 Å². The molecule has 2 aromatic rings. The van der Waals surface area contributed by atoms with E-state index in [1.807, 2.05) is 0 Å². The van der Waals surface area contributed by atoms with Gasteiger partial charge in [0, 0.05) is 42.3 Å². The maximum Gasteiger partial charge on any atom is 0.272 e. The number of rotatable bonds is 7.